The summed E-state index contributed by atoms with van der Waals surface area (Å²) in [6.07, 6.45) is 1.49. The van der Waals surface area contributed by atoms with E-state index in [0.717, 1.165) is 6.42 Å². The van der Waals surface area contributed by atoms with Gasteiger partial charge in [0.15, 0.2) is 11.5 Å². The molecule has 0 fully saturated rings. The van der Waals surface area contributed by atoms with Crippen LogP contribution in [0.3, 0.4) is 0 Å². The number of aromatic nitrogens is 2. The first kappa shape index (κ1) is 13.4. The van der Waals surface area contributed by atoms with Crippen LogP contribution in [0.25, 0.3) is 11.5 Å². The summed E-state index contributed by atoms with van der Waals surface area (Å²) in [7, 11) is 3.16. The predicted octanol–water partition coefficient (Wildman–Crippen LogP) is 1.65. The van der Waals surface area contributed by atoms with Gasteiger partial charge in [-0.15, -0.1) is 10.2 Å². The smallest absolute Gasteiger partial charge is 0.251 e. The Bertz CT molecular complexity index is 540. The monoisotopic (exact) mass is 263 g/mol. The second-order valence-corrected chi connectivity index (χ2v) is 3.93. The Morgan fingerprint density at radius 3 is 2.74 bits per heavy atom. The van der Waals surface area contributed by atoms with Gasteiger partial charge >= 0.3 is 0 Å². The molecule has 0 bridgehead atoms. The molecule has 0 unspecified atom stereocenters. The van der Waals surface area contributed by atoms with Crippen LogP contribution in [0.2, 0.25) is 0 Å². The summed E-state index contributed by atoms with van der Waals surface area (Å²) in [6, 6.07) is 5.51. The topological polar surface area (TPSA) is 83.4 Å². The molecule has 1 aromatic carbocycles. The van der Waals surface area contributed by atoms with Gasteiger partial charge in [0.1, 0.15) is 0 Å². The third-order valence-electron chi connectivity index (χ3n) is 2.69. The van der Waals surface area contributed by atoms with Crippen LogP contribution < -0.4 is 15.2 Å². The lowest BCUT2D eigenvalue weighted by Gasteiger charge is -2.09. The second-order valence-electron chi connectivity index (χ2n) is 3.93. The van der Waals surface area contributed by atoms with E-state index in [2.05, 4.69) is 10.2 Å². The van der Waals surface area contributed by atoms with Crippen molar-refractivity contribution in [2.75, 3.05) is 20.8 Å². The molecule has 0 spiro atoms. The highest BCUT2D eigenvalue weighted by atomic mass is 16.5. The van der Waals surface area contributed by atoms with Crippen LogP contribution in [-0.2, 0) is 6.42 Å². The average Bonchev–Trinajstić information content (AvgIpc) is 2.92. The van der Waals surface area contributed by atoms with Crippen molar-refractivity contribution in [3.05, 3.63) is 24.1 Å². The Labute approximate surface area is 111 Å². The van der Waals surface area contributed by atoms with Crippen LogP contribution in [-0.4, -0.2) is 31.0 Å². The van der Waals surface area contributed by atoms with Crippen molar-refractivity contribution in [3.8, 4) is 23.0 Å². The second kappa shape index (κ2) is 6.19. The third-order valence-corrected chi connectivity index (χ3v) is 2.69. The average molecular weight is 263 g/mol. The first-order chi connectivity index (χ1) is 9.30. The molecular weight excluding hydrogens is 246 g/mol. The van der Waals surface area contributed by atoms with Crippen LogP contribution in [0.1, 0.15) is 12.3 Å². The van der Waals surface area contributed by atoms with Gasteiger partial charge in [0.05, 0.1) is 19.8 Å². The van der Waals surface area contributed by atoms with Gasteiger partial charge in [-0.25, -0.2) is 0 Å². The number of hydrogen-bond acceptors (Lipinski definition) is 6. The fourth-order valence-corrected chi connectivity index (χ4v) is 1.77. The maximum atomic E-state index is 5.60. The largest absolute Gasteiger partial charge is 0.493 e. The van der Waals surface area contributed by atoms with Gasteiger partial charge < -0.3 is 19.6 Å². The highest BCUT2D eigenvalue weighted by Crippen LogP contribution is 2.37. The molecule has 0 aliphatic carbocycles. The Morgan fingerprint density at radius 1 is 1.21 bits per heavy atom. The van der Waals surface area contributed by atoms with E-state index in [4.69, 9.17) is 19.6 Å². The van der Waals surface area contributed by atoms with E-state index < -0.39 is 0 Å². The summed E-state index contributed by atoms with van der Waals surface area (Å²) in [4.78, 5) is 0. The highest BCUT2D eigenvalue weighted by Gasteiger charge is 2.16. The summed E-state index contributed by atoms with van der Waals surface area (Å²) >= 11 is 0. The number of nitrogens with zero attached hydrogens (tertiary/aromatic N) is 2. The van der Waals surface area contributed by atoms with E-state index in [-0.39, 0.29) is 0 Å². The number of nitrogens with two attached hydrogens (primary N) is 1. The molecule has 6 nitrogen and oxygen atoms in total. The molecule has 0 aliphatic rings. The quantitative estimate of drug-likeness (QED) is 0.853. The number of methoxy groups -OCH3 is 2. The standard InChI is InChI=1S/C13H17N3O3/c1-17-10-6-3-5-9(12(10)18-2)13-16-15-11(19-13)7-4-8-14/h3,5-6H,4,7-8,14H2,1-2H3. The molecule has 0 aliphatic heterocycles. The van der Waals surface area contributed by atoms with Gasteiger partial charge in [-0.2, -0.15) is 0 Å². The molecule has 0 saturated carbocycles. The van der Waals surface area contributed by atoms with Crippen molar-refractivity contribution < 1.29 is 13.9 Å². The summed E-state index contributed by atoms with van der Waals surface area (Å²) in [5, 5.41) is 8.02. The van der Waals surface area contributed by atoms with E-state index in [1.165, 1.54) is 0 Å². The molecule has 19 heavy (non-hydrogen) atoms. The van der Waals surface area contributed by atoms with Crippen molar-refractivity contribution in [2.45, 2.75) is 12.8 Å². The number of ether oxygens (including phenoxy) is 2. The maximum absolute atomic E-state index is 5.60. The van der Waals surface area contributed by atoms with Crippen molar-refractivity contribution in [2.24, 2.45) is 5.73 Å². The molecular formula is C13H17N3O3. The van der Waals surface area contributed by atoms with Gasteiger partial charge in [-0.3, -0.25) is 0 Å². The minimum Gasteiger partial charge on any atom is -0.493 e. The van der Waals surface area contributed by atoms with E-state index in [9.17, 15) is 0 Å². The summed E-state index contributed by atoms with van der Waals surface area (Å²) in [5.41, 5.74) is 6.17. The molecule has 6 heteroatoms. The van der Waals surface area contributed by atoms with E-state index >= 15 is 0 Å². The molecule has 2 aromatic rings. The van der Waals surface area contributed by atoms with Gasteiger partial charge in [-0.05, 0) is 25.1 Å². The van der Waals surface area contributed by atoms with Crippen molar-refractivity contribution in [3.63, 3.8) is 0 Å². The third kappa shape index (κ3) is 2.85. The fourth-order valence-electron chi connectivity index (χ4n) is 1.77. The molecule has 0 atom stereocenters. The van der Waals surface area contributed by atoms with Crippen LogP contribution in [0.5, 0.6) is 11.5 Å². The predicted molar refractivity (Wildman–Crippen MR) is 70.2 cm³/mol. The Morgan fingerprint density at radius 2 is 2.05 bits per heavy atom. The minimum absolute atomic E-state index is 0.419. The Hall–Kier alpha value is -2.08. The molecule has 0 amide bonds. The SMILES string of the molecule is COc1cccc(-c2nnc(CCCN)o2)c1OC. The lowest BCUT2D eigenvalue weighted by molar-refractivity contribution is 0.355. The molecule has 2 rings (SSSR count). The lowest BCUT2D eigenvalue weighted by atomic mass is 10.2. The molecule has 2 N–H and O–H groups in total. The van der Waals surface area contributed by atoms with E-state index in [1.54, 1.807) is 14.2 Å². The zero-order valence-electron chi connectivity index (χ0n) is 11.0. The van der Waals surface area contributed by atoms with Crippen LogP contribution in [0, 0.1) is 0 Å². The molecule has 102 valence electrons. The minimum atomic E-state index is 0.419. The maximum Gasteiger partial charge on any atom is 0.251 e. The number of aryl methyl sites for hydroxylation is 1. The van der Waals surface area contributed by atoms with Gasteiger partial charge in [0.25, 0.3) is 5.89 Å². The Balaban J connectivity index is 2.33. The number of rotatable bonds is 6. The van der Waals surface area contributed by atoms with Crippen LogP contribution in [0.15, 0.2) is 22.6 Å². The molecule has 1 heterocycles. The highest BCUT2D eigenvalue weighted by molar-refractivity contribution is 5.67. The fraction of sp³-hybridized carbons (Fsp3) is 0.385. The first-order valence-electron chi connectivity index (χ1n) is 6.04. The summed E-state index contributed by atoms with van der Waals surface area (Å²) in [5.74, 6) is 2.20. The molecule has 0 radical (unpaired) electrons. The van der Waals surface area contributed by atoms with E-state index in [0.29, 0.717) is 41.8 Å². The van der Waals surface area contributed by atoms with Crippen LogP contribution >= 0.6 is 0 Å². The van der Waals surface area contributed by atoms with E-state index in [1.807, 2.05) is 18.2 Å². The van der Waals surface area contributed by atoms with Crippen molar-refractivity contribution in [1.82, 2.24) is 10.2 Å². The normalized spacial score (nSPS) is 10.5. The van der Waals surface area contributed by atoms with Crippen molar-refractivity contribution in [1.29, 1.82) is 0 Å². The number of para-hydroxylation sites is 1. The Kier molecular flexibility index (Phi) is 4.35. The zero-order chi connectivity index (χ0) is 13.7. The lowest BCUT2D eigenvalue weighted by Crippen LogP contribution is -2.00. The summed E-state index contributed by atoms with van der Waals surface area (Å²) < 4.78 is 16.2. The summed E-state index contributed by atoms with van der Waals surface area (Å²) in [6.45, 7) is 0.597. The van der Waals surface area contributed by atoms with Gasteiger partial charge in [0, 0.05) is 6.42 Å². The van der Waals surface area contributed by atoms with Crippen molar-refractivity contribution >= 4 is 0 Å². The first-order valence-corrected chi connectivity index (χ1v) is 6.04. The number of hydrogen-bond donors (Lipinski definition) is 1. The zero-order valence-corrected chi connectivity index (χ0v) is 11.0. The van der Waals surface area contributed by atoms with Gasteiger partial charge in [0.2, 0.25) is 5.89 Å². The molecule has 1 aromatic heterocycles. The van der Waals surface area contributed by atoms with Crippen LogP contribution in [0.4, 0.5) is 0 Å². The van der Waals surface area contributed by atoms with Gasteiger partial charge in [-0.1, -0.05) is 6.07 Å². The molecule has 0 saturated heterocycles. The number of benzene rings is 1.